The van der Waals surface area contributed by atoms with Crippen LogP contribution in [-0.4, -0.2) is 11.4 Å². The molecule has 0 radical (unpaired) electrons. The monoisotopic (exact) mass is 168 g/mol. The highest BCUT2D eigenvalue weighted by Crippen LogP contribution is 2.17. The first-order valence-corrected chi connectivity index (χ1v) is 3.51. The fraction of sp³-hybridized carbons (Fsp3) is 0.222. The lowest BCUT2D eigenvalue weighted by Gasteiger charge is -2.15. The van der Waals surface area contributed by atoms with E-state index >= 15 is 0 Å². The van der Waals surface area contributed by atoms with Crippen LogP contribution >= 0.6 is 0 Å². The Morgan fingerprint density at radius 3 is 2.33 bits per heavy atom. The normalized spacial score (nSPS) is 15.2. The molecule has 1 aromatic rings. The van der Waals surface area contributed by atoms with Gasteiger partial charge in [-0.05, 0) is 24.6 Å². The average Bonchev–Trinajstić information content (AvgIpc) is 2.05. The molecular formula is C9H9FO2. The second-order valence-electron chi connectivity index (χ2n) is 2.77. The third kappa shape index (κ3) is 1.68. The van der Waals surface area contributed by atoms with Crippen molar-refractivity contribution < 1.29 is 14.3 Å². The minimum Gasteiger partial charge on any atom is -0.378 e. The van der Waals surface area contributed by atoms with Crippen molar-refractivity contribution in [3.8, 4) is 0 Å². The van der Waals surface area contributed by atoms with Crippen molar-refractivity contribution in [3.05, 3.63) is 35.6 Å². The standard InChI is InChI=1S/C9H9FO2/c1-9(12,6-11)7-2-4-8(10)5-3-7/h2-6,12H,1H3. The molecular weight excluding hydrogens is 159 g/mol. The van der Waals surface area contributed by atoms with Crippen LogP contribution in [0, 0.1) is 5.82 Å². The summed E-state index contributed by atoms with van der Waals surface area (Å²) in [6.45, 7) is 1.35. The van der Waals surface area contributed by atoms with E-state index in [-0.39, 0.29) is 5.82 Å². The van der Waals surface area contributed by atoms with Gasteiger partial charge in [0.1, 0.15) is 11.4 Å². The number of halogens is 1. The van der Waals surface area contributed by atoms with Gasteiger partial charge in [0.2, 0.25) is 0 Å². The van der Waals surface area contributed by atoms with Gasteiger partial charge in [-0.1, -0.05) is 12.1 Å². The molecule has 1 rings (SSSR count). The molecule has 0 aliphatic rings. The van der Waals surface area contributed by atoms with Crippen molar-refractivity contribution in [2.24, 2.45) is 0 Å². The molecule has 0 aromatic heterocycles. The Kier molecular flexibility index (Phi) is 2.24. The van der Waals surface area contributed by atoms with Crippen LogP contribution in [0.15, 0.2) is 24.3 Å². The maximum absolute atomic E-state index is 12.4. The summed E-state index contributed by atoms with van der Waals surface area (Å²) in [6, 6.07) is 5.16. The zero-order valence-corrected chi connectivity index (χ0v) is 6.62. The molecule has 0 heterocycles. The summed E-state index contributed by atoms with van der Waals surface area (Å²) in [4.78, 5) is 10.4. The Morgan fingerprint density at radius 2 is 1.92 bits per heavy atom. The van der Waals surface area contributed by atoms with Gasteiger partial charge in [0.15, 0.2) is 6.29 Å². The van der Waals surface area contributed by atoms with E-state index < -0.39 is 5.60 Å². The molecule has 1 N–H and O–H groups in total. The number of aliphatic hydroxyl groups is 1. The van der Waals surface area contributed by atoms with Gasteiger partial charge in [0, 0.05) is 0 Å². The Morgan fingerprint density at radius 1 is 1.42 bits per heavy atom. The van der Waals surface area contributed by atoms with E-state index in [1.54, 1.807) is 0 Å². The van der Waals surface area contributed by atoms with Crippen molar-refractivity contribution in [1.82, 2.24) is 0 Å². The maximum atomic E-state index is 12.4. The van der Waals surface area contributed by atoms with Gasteiger partial charge in [0.25, 0.3) is 0 Å². The lowest BCUT2D eigenvalue weighted by molar-refractivity contribution is -0.123. The molecule has 0 saturated heterocycles. The van der Waals surface area contributed by atoms with Crippen LogP contribution in [-0.2, 0) is 10.4 Å². The highest BCUT2D eigenvalue weighted by molar-refractivity contribution is 5.64. The predicted molar refractivity (Wildman–Crippen MR) is 42.0 cm³/mol. The van der Waals surface area contributed by atoms with E-state index in [0.717, 1.165) is 0 Å². The fourth-order valence-corrected chi connectivity index (χ4v) is 0.855. The molecule has 1 aromatic carbocycles. The van der Waals surface area contributed by atoms with E-state index in [1.807, 2.05) is 0 Å². The van der Waals surface area contributed by atoms with E-state index in [4.69, 9.17) is 0 Å². The first-order chi connectivity index (χ1) is 5.56. The average molecular weight is 168 g/mol. The summed E-state index contributed by atoms with van der Waals surface area (Å²) in [5, 5.41) is 9.39. The lowest BCUT2D eigenvalue weighted by atomic mass is 9.98. The topological polar surface area (TPSA) is 37.3 Å². The molecule has 3 heteroatoms. The second-order valence-corrected chi connectivity index (χ2v) is 2.77. The van der Waals surface area contributed by atoms with Crippen LogP contribution in [0.2, 0.25) is 0 Å². The molecule has 0 spiro atoms. The largest absolute Gasteiger partial charge is 0.378 e. The number of benzene rings is 1. The van der Waals surface area contributed by atoms with Gasteiger partial charge in [0.05, 0.1) is 0 Å². The van der Waals surface area contributed by atoms with Crippen LogP contribution in [0.5, 0.6) is 0 Å². The molecule has 0 aliphatic heterocycles. The zero-order chi connectivity index (χ0) is 9.19. The molecule has 0 aliphatic carbocycles. The molecule has 0 fully saturated rings. The Bertz CT molecular complexity index is 277. The summed E-state index contributed by atoms with van der Waals surface area (Å²) in [5.41, 5.74) is -1.13. The minimum atomic E-state index is -1.52. The predicted octanol–water partition coefficient (Wildman–Crippen LogP) is 1.23. The van der Waals surface area contributed by atoms with E-state index in [0.29, 0.717) is 11.8 Å². The molecule has 0 amide bonds. The number of hydrogen-bond donors (Lipinski definition) is 1. The van der Waals surface area contributed by atoms with Gasteiger partial charge in [-0.15, -0.1) is 0 Å². The van der Waals surface area contributed by atoms with E-state index in [1.165, 1.54) is 31.2 Å². The zero-order valence-electron chi connectivity index (χ0n) is 6.62. The Balaban J connectivity index is 3.04. The Hall–Kier alpha value is -1.22. The van der Waals surface area contributed by atoms with Gasteiger partial charge in [-0.25, -0.2) is 4.39 Å². The number of hydrogen-bond acceptors (Lipinski definition) is 2. The van der Waals surface area contributed by atoms with Crippen molar-refractivity contribution >= 4 is 6.29 Å². The third-order valence-electron chi connectivity index (χ3n) is 1.66. The van der Waals surface area contributed by atoms with Crippen molar-refractivity contribution in [3.63, 3.8) is 0 Å². The van der Waals surface area contributed by atoms with Crippen molar-refractivity contribution in [2.45, 2.75) is 12.5 Å². The summed E-state index contributed by atoms with van der Waals surface area (Å²) in [5.74, 6) is -0.388. The second kappa shape index (κ2) is 3.03. The SMILES string of the molecule is CC(O)(C=O)c1ccc(F)cc1. The molecule has 1 unspecified atom stereocenters. The van der Waals surface area contributed by atoms with E-state index in [9.17, 15) is 14.3 Å². The number of rotatable bonds is 2. The lowest BCUT2D eigenvalue weighted by Crippen LogP contribution is -2.22. The van der Waals surface area contributed by atoms with Gasteiger partial charge in [-0.2, -0.15) is 0 Å². The Labute approximate surface area is 69.6 Å². The molecule has 2 nitrogen and oxygen atoms in total. The number of carbonyl (C=O) groups is 1. The third-order valence-corrected chi connectivity index (χ3v) is 1.66. The van der Waals surface area contributed by atoms with Crippen LogP contribution in [0.25, 0.3) is 0 Å². The molecule has 1 atom stereocenters. The van der Waals surface area contributed by atoms with Crippen LogP contribution in [0.1, 0.15) is 12.5 Å². The maximum Gasteiger partial charge on any atom is 0.155 e. The van der Waals surface area contributed by atoms with Crippen molar-refractivity contribution in [2.75, 3.05) is 0 Å². The van der Waals surface area contributed by atoms with Gasteiger partial charge in [-0.3, -0.25) is 4.79 Å². The van der Waals surface area contributed by atoms with Crippen LogP contribution < -0.4 is 0 Å². The highest BCUT2D eigenvalue weighted by atomic mass is 19.1. The quantitative estimate of drug-likeness (QED) is 0.674. The van der Waals surface area contributed by atoms with Gasteiger partial charge < -0.3 is 5.11 Å². The molecule has 12 heavy (non-hydrogen) atoms. The first-order valence-electron chi connectivity index (χ1n) is 3.51. The molecule has 0 bridgehead atoms. The highest BCUT2D eigenvalue weighted by Gasteiger charge is 2.21. The summed E-state index contributed by atoms with van der Waals surface area (Å²) >= 11 is 0. The summed E-state index contributed by atoms with van der Waals surface area (Å²) < 4.78 is 12.4. The van der Waals surface area contributed by atoms with E-state index in [2.05, 4.69) is 0 Å². The van der Waals surface area contributed by atoms with Crippen LogP contribution in [0.4, 0.5) is 4.39 Å². The molecule has 64 valence electrons. The first kappa shape index (κ1) is 8.87. The number of carbonyl (C=O) groups excluding carboxylic acids is 1. The fourth-order valence-electron chi connectivity index (χ4n) is 0.855. The van der Waals surface area contributed by atoms with Crippen molar-refractivity contribution in [1.29, 1.82) is 0 Å². The van der Waals surface area contributed by atoms with Crippen LogP contribution in [0.3, 0.4) is 0 Å². The summed E-state index contributed by atoms with van der Waals surface area (Å²) in [6.07, 6.45) is 0.417. The minimum absolute atomic E-state index is 0.388. The van der Waals surface area contributed by atoms with Gasteiger partial charge >= 0.3 is 0 Å². The molecule has 0 saturated carbocycles. The summed E-state index contributed by atoms with van der Waals surface area (Å²) in [7, 11) is 0. The smallest absolute Gasteiger partial charge is 0.155 e. The number of aldehydes is 1.